The van der Waals surface area contributed by atoms with E-state index in [2.05, 4.69) is 13.8 Å². The summed E-state index contributed by atoms with van der Waals surface area (Å²) in [6.45, 7) is 5.76. The van der Waals surface area contributed by atoms with Gasteiger partial charge in [-0.05, 0) is 56.1 Å². The molecule has 0 aromatic heterocycles. The molecule has 240 valence electrons. The van der Waals surface area contributed by atoms with Crippen LogP contribution in [0.25, 0.3) is 0 Å². The average Bonchev–Trinajstić information content (AvgIpc) is 3.25. The van der Waals surface area contributed by atoms with Gasteiger partial charge in [0.2, 0.25) is 5.78 Å². The molecule has 4 aliphatic rings. The highest BCUT2D eigenvalue weighted by atomic mass is 16.5. The van der Waals surface area contributed by atoms with Crippen LogP contribution in [0.3, 0.4) is 0 Å². The number of ketones is 3. The zero-order chi connectivity index (χ0) is 31.1. The van der Waals surface area contributed by atoms with E-state index in [0.29, 0.717) is 6.42 Å². The van der Waals surface area contributed by atoms with Crippen LogP contribution in [-0.2, 0) is 23.9 Å². The van der Waals surface area contributed by atoms with Crippen molar-refractivity contribution < 1.29 is 29.0 Å². The fourth-order valence-corrected chi connectivity index (χ4v) is 9.12. The van der Waals surface area contributed by atoms with Gasteiger partial charge in [-0.25, -0.2) is 0 Å². The number of unbranched alkanes of at least 4 members (excludes halogenated alkanes) is 12. The first-order valence-corrected chi connectivity index (χ1v) is 17.4. The van der Waals surface area contributed by atoms with Crippen LogP contribution in [0, 0.1) is 28.6 Å². The molecule has 6 heteroatoms. The van der Waals surface area contributed by atoms with E-state index in [1.54, 1.807) is 12.2 Å². The molecule has 0 aliphatic heterocycles. The van der Waals surface area contributed by atoms with Crippen LogP contribution in [0.5, 0.6) is 0 Å². The Kier molecular flexibility index (Phi) is 11.6. The highest BCUT2D eigenvalue weighted by Gasteiger charge is 2.68. The van der Waals surface area contributed by atoms with Gasteiger partial charge in [-0.2, -0.15) is 0 Å². The van der Waals surface area contributed by atoms with Crippen molar-refractivity contribution in [2.75, 3.05) is 6.61 Å². The first-order valence-electron chi connectivity index (χ1n) is 17.4. The predicted molar refractivity (Wildman–Crippen MR) is 168 cm³/mol. The maximum absolute atomic E-state index is 13.7. The molecule has 0 heterocycles. The largest absolute Gasteiger partial charge is 0.458 e. The molecule has 0 amide bonds. The summed E-state index contributed by atoms with van der Waals surface area (Å²) in [6, 6.07) is 0. The molecule has 0 spiro atoms. The van der Waals surface area contributed by atoms with E-state index in [9.17, 15) is 24.3 Å². The molecule has 4 aliphatic carbocycles. The van der Waals surface area contributed by atoms with Gasteiger partial charge in [0.25, 0.3) is 0 Å². The first kappa shape index (κ1) is 33.8. The monoisotopic (exact) mass is 596 g/mol. The Hall–Kier alpha value is -2.08. The van der Waals surface area contributed by atoms with Crippen LogP contribution >= 0.6 is 0 Å². The normalized spacial score (nSPS) is 33.0. The van der Waals surface area contributed by atoms with Gasteiger partial charge in [0.05, 0.1) is 0 Å². The molecule has 1 N–H and O–H groups in total. The molecule has 0 bridgehead atoms. The molecule has 0 radical (unpaired) electrons. The number of carbonyl (C=O) groups is 4. The number of Topliss-reactive ketones (excluding diaryl/α,β-unsaturated/α-hetero) is 2. The summed E-state index contributed by atoms with van der Waals surface area (Å²) in [7, 11) is 0. The minimum Gasteiger partial charge on any atom is -0.458 e. The van der Waals surface area contributed by atoms with Crippen LogP contribution in [0.4, 0.5) is 0 Å². The fraction of sp³-hybridized carbons (Fsp3) is 0.784. The fourth-order valence-electron chi connectivity index (χ4n) is 9.12. The maximum atomic E-state index is 13.7. The number of allylic oxidation sites excluding steroid dienone is 4. The van der Waals surface area contributed by atoms with Gasteiger partial charge in [-0.3, -0.25) is 19.2 Å². The number of rotatable bonds is 17. The molecule has 0 unspecified atom stereocenters. The lowest BCUT2D eigenvalue weighted by molar-refractivity contribution is -0.172. The third kappa shape index (κ3) is 7.26. The Bertz CT molecular complexity index is 1090. The lowest BCUT2D eigenvalue weighted by atomic mass is 9.46. The van der Waals surface area contributed by atoms with E-state index >= 15 is 0 Å². The highest BCUT2D eigenvalue weighted by Crippen LogP contribution is 2.66. The molecule has 3 fully saturated rings. The average molecular weight is 597 g/mol. The minimum absolute atomic E-state index is 0.0232. The number of esters is 1. The van der Waals surface area contributed by atoms with Crippen LogP contribution < -0.4 is 0 Å². The zero-order valence-electron chi connectivity index (χ0n) is 27.1. The summed E-state index contributed by atoms with van der Waals surface area (Å²) in [5, 5.41) is 11.8. The second-order valence-electron chi connectivity index (χ2n) is 14.5. The van der Waals surface area contributed by atoms with Crippen molar-refractivity contribution in [3.8, 4) is 0 Å². The van der Waals surface area contributed by atoms with E-state index in [0.717, 1.165) is 37.7 Å². The molecule has 43 heavy (non-hydrogen) atoms. The number of hydrogen-bond acceptors (Lipinski definition) is 6. The van der Waals surface area contributed by atoms with E-state index in [1.165, 1.54) is 64.2 Å². The second-order valence-corrected chi connectivity index (χ2v) is 14.5. The van der Waals surface area contributed by atoms with Crippen molar-refractivity contribution in [2.24, 2.45) is 28.6 Å². The third-order valence-corrected chi connectivity index (χ3v) is 11.7. The summed E-state index contributed by atoms with van der Waals surface area (Å²) < 4.78 is 5.36. The Morgan fingerprint density at radius 2 is 1.51 bits per heavy atom. The molecular formula is C37H56O6. The minimum atomic E-state index is -1.68. The second kappa shape index (κ2) is 14.8. The van der Waals surface area contributed by atoms with Crippen molar-refractivity contribution in [3.63, 3.8) is 0 Å². The Morgan fingerprint density at radius 1 is 0.907 bits per heavy atom. The SMILES string of the molecule is CCCCCCCCCCCCCCCC(=O)OCC(=O)[C@@]1(O)CC[C@H]2[C@@H]3CCC4=CC(=O)C=C[C@]4(C)[C@H]3C(=O)C[C@@]21C. The summed E-state index contributed by atoms with van der Waals surface area (Å²) in [5.41, 5.74) is -2.01. The summed E-state index contributed by atoms with van der Waals surface area (Å²) in [5.74, 6) is -1.01. The standard InChI is InChI=1S/C37H56O6/c1-4-5-6-7-8-9-10-11-12-13-14-15-16-17-33(41)43-26-32(40)37(42)23-21-30-29-19-18-27-24-28(38)20-22-35(27,2)34(29)31(39)25-36(30,37)3/h20,22,24,29-30,34,42H,4-19,21,23,25-26H2,1-3H3/t29-,30-,34+,35-,36-,37-/m0/s1. The highest BCUT2D eigenvalue weighted by molar-refractivity contribution is 6.02. The molecule has 0 saturated heterocycles. The molecule has 4 rings (SSSR count). The summed E-state index contributed by atoms with van der Waals surface area (Å²) in [6.07, 6.45) is 24.1. The molecule has 6 nitrogen and oxygen atoms in total. The molecular weight excluding hydrogens is 540 g/mol. The van der Waals surface area contributed by atoms with Gasteiger partial charge >= 0.3 is 5.97 Å². The van der Waals surface area contributed by atoms with Crippen molar-refractivity contribution in [3.05, 3.63) is 23.8 Å². The maximum Gasteiger partial charge on any atom is 0.306 e. The van der Waals surface area contributed by atoms with Gasteiger partial charge in [-0.15, -0.1) is 0 Å². The topological polar surface area (TPSA) is 97.7 Å². The van der Waals surface area contributed by atoms with Crippen molar-refractivity contribution in [1.29, 1.82) is 0 Å². The summed E-state index contributed by atoms with van der Waals surface area (Å²) >= 11 is 0. The Balaban J connectivity index is 1.18. The van der Waals surface area contributed by atoms with Gasteiger partial charge in [0.1, 0.15) is 11.4 Å². The number of fused-ring (bicyclic) bond motifs is 5. The smallest absolute Gasteiger partial charge is 0.306 e. The molecule has 0 aromatic rings. The van der Waals surface area contributed by atoms with Gasteiger partial charge in [0, 0.05) is 29.6 Å². The Labute approximate surface area is 259 Å². The Morgan fingerprint density at radius 3 is 2.14 bits per heavy atom. The van der Waals surface area contributed by atoms with Gasteiger partial charge < -0.3 is 9.84 Å². The number of aliphatic hydroxyl groups is 1. The van der Waals surface area contributed by atoms with Crippen molar-refractivity contribution >= 4 is 23.3 Å². The lowest BCUT2D eigenvalue weighted by Crippen LogP contribution is -2.60. The molecule has 3 saturated carbocycles. The van der Waals surface area contributed by atoms with Gasteiger partial charge in [0.15, 0.2) is 12.4 Å². The van der Waals surface area contributed by atoms with E-state index in [4.69, 9.17) is 4.74 Å². The van der Waals surface area contributed by atoms with Gasteiger partial charge in [-0.1, -0.05) is 109 Å². The van der Waals surface area contributed by atoms with Crippen LogP contribution in [0.2, 0.25) is 0 Å². The number of ether oxygens (including phenoxy) is 1. The molecule has 0 aromatic carbocycles. The number of carbonyl (C=O) groups excluding carboxylic acids is 4. The van der Waals surface area contributed by atoms with E-state index < -0.39 is 34.8 Å². The quantitative estimate of drug-likeness (QED) is 0.136. The predicted octanol–water partition coefficient (Wildman–Crippen LogP) is 7.80. The van der Waals surface area contributed by atoms with Crippen molar-refractivity contribution in [2.45, 2.75) is 148 Å². The first-order chi connectivity index (χ1) is 20.6. The van der Waals surface area contributed by atoms with Crippen LogP contribution in [0.1, 0.15) is 143 Å². The zero-order valence-corrected chi connectivity index (χ0v) is 27.1. The van der Waals surface area contributed by atoms with E-state index in [1.807, 2.05) is 13.0 Å². The van der Waals surface area contributed by atoms with Crippen molar-refractivity contribution in [1.82, 2.24) is 0 Å². The third-order valence-electron chi connectivity index (χ3n) is 11.7. The number of hydrogen-bond donors (Lipinski definition) is 1. The summed E-state index contributed by atoms with van der Waals surface area (Å²) in [4.78, 5) is 51.6. The van der Waals surface area contributed by atoms with Crippen LogP contribution in [-0.4, -0.2) is 40.6 Å². The van der Waals surface area contributed by atoms with E-state index in [-0.39, 0.29) is 48.6 Å². The molecule has 6 atom stereocenters. The lowest BCUT2D eigenvalue weighted by Gasteiger charge is -2.56. The van der Waals surface area contributed by atoms with Crippen LogP contribution in [0.15, 0.2) is 23.8 Å².